The van der Waals surface area contributed by atoms with Crippen molar-refractivity contribution in [1.82, 2.24) is 4.98 Å². The number of hydrogen-bond donors (Lipinski definition) is 2. The number of sulfonamides is 1. The predicted molar refractivity (Wildman–Crippen MR) is 71.1 cm³/mol. The van der Waals surface area contributed by atoms with Crippen molar-refractivity contribution in [3.05, 3.63) is 11.1 Å². The van der Waals surface area contributed by atoms with Crippen molar-refractivity contribution in [2.75, 3.05) is 17.9 Å². The summed E-state index contributed by atoms with van der Waals surface area (Å²) in [5.74, 6) is 0. The maximum absolute atomic E-state index is 12.1. The molecule has 8 heteroatoms. The van der Waals surface area contributed by atoms with Crippen molar-refractivity contribution >= 4 is 26.5 Å². The lowest BCUT2D eigenvalue weighted by molar-refractivity contribution is 0.0984. The maximum atomic E-state index is 12.1. The Labute approximate surface area is 111 Å². The fourth-order valence-electron chi connectivity index (χ4n) is 1.73. The van der Waals surface area contributed by atoms with Crippen LogP contribution >= 0.6 is 11.3 Å². The van der Waals surface area contributed by atoms with E-state index in [-0.39, 0.29) is 6.04 Å². The summed E-state index contributed by atoms with van der Waals surface area (Å²) in [6.07, 6.45) is 1.06. The third kappa shape index (κ3) is 3.19. The summed E-state index contributed by atoms with van der Waals surface area (Å²) in [5, 5.41) is 1.76. The second-order valence-electron chi connectivity index (χ2n) is 4.33. The molecule has 0 radical (unpaired) electrons. The Bertz CT molecular complexity index is 492. The van der Waals surface area contributed by atoms with E-state index in [4.69, 9.17) is 10.5 Å². The largest absolute Gasteiger partial charge is 0.381 e. The van der Waals surface area contributed by atoms with Gasteiger partial charge in [0, 0.05) is 24.6 Å². The second-order valence-corrected chi connectivity index (χ2v) is 7.14. The van der Waals surface area contributed by atoms with Crippen molar-refractivity contribution in [3.8, 4) is 0 Å². The van der Waals surface area contributed by atoms with Gasteiger partial charge in [0.2, 0.25) is 10.0 Å². The number of nitrogens with zero attached hydrogens (tertiary/aromatic N) is 1. The molecule has 3 N–H and O–H groups in total. The third-order valence-electron chi connectivity index (χ3n) is 2.83. The average Bonchev–Trinajstić information content (AvgIpc) is 2.78. The SMILES string of the molecule is CC(N)c1csc(NS(=O)(=O)C2CCOCC2)n1. The average molecular weight is 291 g/mol. The van der Waals surface area contributed by atoms with Gasteiger partial charge in [0.15, 0.2) is 5.13 Å². The molecular weight excluding hydrogens is 274 g/mol. The smallest absolute Gasteiger partial charge is 0.237 e. The van der Waals surface area contributed by atoms with Crippen LogP contribution in [0.25, 0.3) is 0 Å². The van der Waals surface area contributed by atoms with Crippen LogP contribution in [0.2, 0.25) is 0 Å². The van der Waals surface area contributed by atoms with Gasteiger partial charge in [0.25, 0.3) is 0 Å². The zero-order chi connectivity index (χ0) is 13.2. The molecule has 1 atom stereocenters. The summed E-state index contributed by atoms with van der Waals surface area (Å²) < 4.78 is 31.9. The first kappa shape index (κ1) is 13.7. The summed E-state index contributed by atoms with van der Waals surface area (Å²) in [5.41, 5.74) is 6.38. The van der Waals surface area contributed by atoms with Gasteiger partial charge < -0.3 is 10.5 Å². The minimum Gasteiger partial charge on any atom is -0.381 e. The zero-order valence-corrected chi connectivity index (χ0v) is 11.8. The standard InChI is InChI=1S/C10H17N3O3S2/c1-7(11)9-6-17-10(12-9)13-18(14,15)8-2-4-16-5-3-8/h6-8H,2-5,11H2,1H3,(H,12,13). The van der Waals surface area contributed by atoms with E-state index in [9.17, 15) is 8.42 Å². The summed E-state index contributed by atoms with van der Waals surface area (Å²) in [6.45, 7) is 2.80. The number of anilines is 1. The lowest BCUT2D eigenvalue weighted by Gasteiger charge is -2.21. The fraction of sp³-hybridized carbons (Fsp3) is 0.700. The van der Waals surface area contributed by atoms with Crippen molar-refractivity contribution in [3.63, 3.8) is 0 Å². The van der Waals surface area contributed by atoms with E-state index in [1.54, 1.807) is 5.38 Å². The number of hydrogen-bond acceptors (Lipinski definition) is 6. The summed E-state index contributed by atoms with van der Waals surface area (Å²) in [6, 6.07) is -0.192. The van der Waals surface area contributed by atoms with Gasteiger partial charge in [0.05, 0.1) is 10.9 Å². The lowest BCUT2D eigenvalue weighted by Crippen LogP contribution is -2.33. The molecule has 1 unspecified atom stereocenters. The maximum Gasteiger partial charge on any atom is 0.237 e. The van der Waals surface area contributed by atoms with Gasteiger partial charge >= 0.3 is 0 Å². The Morgan fingerprint density at radius 1 is 1.56 bits per heavy atom. The Morgan fingerprint density at radius 2 is 2.22 bits per heavy atom. The number of rotatable bonds is 4. The Hall–Kier alpha value is -0.700. The first-order valence-corrected chi connectivity index (χ1v) is 8.22. The van der Waals surface area contributed by atoms with Crippen LogP contribution in [0.1, 0.15) is 31.5 Å². The van der Waals surface area contributed by atoms with Crippen LogP contribution in [0.5, 0.6) is 0 Å². The number of aromatic nitrogens is 1. The number of thiazole rings is 1. The minimum atomic E-state index is -3.37. The van der Waals surface area contributed by atoms with E-state index in [0.29, 0.717) is 36.9 Å². The van der Waals surface area contributed by atoms with Gasteiger partial charge in [-0.15, -0.1) is 11.3 Å². The molecule has 1 aliphatic heterocycles. The number of ether oxygens (including phenoxy) is 1. The molecule has 1 aromatic rings. The number of nitrogens with two attached hydrogens (primary N) is 1. The summed E-state index contributed by atoms with van der Waals surface area (Å²) in [4.78, 5) is 4.16. The van der Waals surface area contributed by atoms with Crippen LogP contribution in [0.4, 0.5) is 5.13 Å². The van der Waals surface area contributed by atoms with Gasteiger partial charge in [-0.3, -0.25) is 4.72 Å². The fourth-order valence-corrected chi connectivity index (χ4v) is 4.20. The van der Waals surface area contributed by atoms with E-state index in [2.05, 4.69) is 9.71 Å². The first-order valence-electron chi connectivity index (χ1n) is 5.79. The van der Waals surface area contributed by atoms with Crippen molar-refractivity contribution in [1.29, 1.82) is 0 Å². The summed E-state index contributed by atoms with van der Waals surface area (Å²) in [7, 11) is -3.37. The second kappa shape index (κ2) is 5.52. The predicted octanol–water partition coefficient (Wildman–Crippen LogP) is 1.08. The highest BCUT2D eigenvalue weighted by Gasteiger charge is 2.28. The molecule has 0 bridgehead atoms. The minimum absolute atomic E-state index is 0.192. The molecule has 1 aliphatic rings. The van der Waals surface area contributed by atoms with Crippen LogP contribution in [0.15, 0.2) is 5.38 Å². The highest BCUT2D eigenvalue weighted by Crippen LogP contribution is 2.23. The van der Waals surface area contributed by atoms with Crippen LogP contribution < -0.4 is 10.5 Å². The highest BCUT2D eigenvalue weighted by molar-refractivity contribution is 7.93. The van der Waals surface area contributed by atoms with Crippen molar-refractivity contribution < 1.29 is 13.2 Å². The molecule has 0 aliphatic carbocycles. The molecule has 102 valence electrons. The van der Waals surface area contributed by atoms with E-state index < -0.39 is 15.3 Å². The summed E-state index contributed by atoms with van der Waals surface area (Å²) >= 11 is 1.26. The van der Waals surface area contributed by atoms with Crippen molar-refractivity contribution in [2.24, 2.45) is 5.73 Å². The van der Waals surface area contributed by atoms with Crippen molar-refractivity contribution in [2.45, 2.75) is 31.1 Å². The third-order valence-corrected chi connectivity index (χ3v) is 5.56. The molecule has 0 amide bonds. The molecule has 0 aromatic carbocycles. The van der Waals surface area contributed by atoms with E-state index >= 15 is 0 Å². The monoisotopic (exact) mass is 291 g/mol. The van der Waals surface area contributed by atoms with Gasteiger partial charge in [-0.25, -0.2) is 13.4 Å². The van der Waals surface area contributed by atoms with E-state index in [1.165, 1.54) is 11.3 Å². The molecule has 1 saturated heterocycles. The Balaban J connectivity index is 2.06. The Kier molecular flexibility index (Phi) is 4.21. The topological polar surface area (TPSA) is 94.3 Å². The molecule has 0 spiro atoms. The van der Waals surface area contributed by atoms with Crippen LogP contribution in [-0.2, 0) is 14.8 Å². The Morgan fingerprint density at radius 3 is 2.78 bits per heavy atom. The highest BCUT2D eigenvalue weighted by atomic mass is 32.2. The zero-order valence-electron chi connectivity index (χ0n) is 10.1. The van der Waals surface area contributed by atoms with E-state index in [1.807, 2.05) is 6.92 Å². The molecule has 18 heavy (non-hydrogen) atoms. The molecule has 2 heterocycles. The van der Waals surface area contributed by atoms with Crippen LogP contribution in [-0.4, -0.2) is 31.9 Å². The molecule has 1 fully saturated rings. The molecule has 0 saturated carbocycles. The van der Waals surface area contributed by atoms with Crippen LogP contribution in [0, 0.1) is 0 Å². The van der Waals surface area contributed by atoms with Gasteiger partial charge in [0.1, 0.15) is 0 Å². The molecule has 6 nitrogen and oxygen atoms in total. The van der Waals surface area contributed by atoms with Crippen LogP contribution in [0.3, 0.4) is 0 Å². The normalized spacial score (nSPS) is 19.7. The molecule has 2 rings (SSSR count). The van der Waals surface area contributed by atoms with E-state index in [0.717, 1.165) is 0 Å². The van der Waals surface area contributed by atoms with Gasteiger partial charge in [-0.2, -0.15) is 0 Å². The first-order chi connectivity index (χ1) is 8.49. The quantitative estimate of drug-likeness (QED) is 0.865. The van der Waals surface area contributed by atoms with Gasteiger partial charge in [-0.05, 0) is 19.8 Å². The number of nitrogens with one attached hydrogen (secondary N) is 1. The molecule has 1 aromatic heterocycles. The van der Waals surface area contributed by atoms with Gasteiger partial charge in [-0.1, -0.05) is 0 Å². The lowest BCUT2D eigenvalue weighted by atomic mass is 10.2. The molecular formula is C10H17N3O3S2.